The fourth-order valence-electron chi connectivity index (χ4n) is 2.53. The molecule has 6 heteroatoms. The monoisotopic (exact) mass is 369 g/mol. The smallest absolute Gasteiger partial charge is 0.271 e. The minimum Gasteiger partial charge on any atom is -0.508 e. The Balaban J connectivity index is 2.00. The molecule has 25 heavy (non-hydrogen) atoms. The number of aromatic hydroxyl groups is 1. The van der Waals surface area contributed by atoms with Gasteiger partial charge in [0.1, 0.15) is 5.75 Å². The van der Waals surface area contributed by atoms with Gasteiger partial charge in [-0.1, -0.05) is 48.2 Å². The van der Waals surface area contributed by atoms with E-state index >= 15 is 0 Å². The average Bonchev–Trinajstić information content (AvgIpc) is 2.89. The Bertz CT molecular complexity index is 917. The van der Waals surface area contributed by atoms with Gasteiger partial charge in [-0.25, -0.2) is 0 Å². The zero-order valence-electron chi connectivity index (χ0n) is 13.6. The highest BCUT2D eigenvalue weighted by atomic mass is 32.2. The summed E-state index contributed by atoms with van der Waals surface area (Å²) in [5.41, 5.74) is 2.76. The van der Waals surface area contributed by atoms with Gasteiger partial charge in [0.2, 0.25) is 0 Å². The number of hydrogen-bond acceptors (Lipinski definition) is 5. The largest absolute Gasteiger partial charge is 0.508 e. The first-order valence-corrected chi connectivity index (χ1v) is 8.78. The summed E-state index contributed by atoms with van der Waals surface area (Å²) in [7, 11) is 0. The number of Topliss-reactive ketones (excluding diaryl/α,β-unsaturated/α-hetero) is 1. The first-order valence-electron chi connectivity index (χ1n) is 7.56. The molecular formula is C19H15NO3S2. The van der Waals surface area contributed by atoms with Gasteiger partial charge >= 0.3 is 0 Å². The van der Waals surface area contributed by atoms with E-state index in [2.05, 4.69) is 0 Å². The predicted molar refractivity (Wildman–Crippen MR) is 105 cm³/mol. The second kappa shape index (κ2) is 6.82. The van der Waals surface area contributed by atoms with Crippen LogP contribution < -0.4 is 4.90 Å². The Kier molecular flexibility index (Phi) is 4.74. The van der Waals surface area contributed by atoms with Crippen LogP contribution in [-0.4, -0.2) is 21.1 Å². The molecule has 1 N–H and O–H groups in total. The Hall–Kier alpha value is -2.44. The molecule has 1 heterocycles. The molecule has 0 unspecified atom stereocenters. The third kappa shape index (κ3) is 3.36. The maximum absolute atomic E-state index is 12.9. The molecular weight excluding hydrogens is 354 g/mol. The molecule has 4 nitrogen and oxygen atoms in total. The highest BCUT2D eigenvalue weighted by Gasteiger charge is 2.35. The minimum absolute atomic E-state index is 0.0666. The summed E-state index contributed by atoms with van der Waals surface area (Å²) in [4.78, 5) is 26.5. The van der Waals surface area contributed by atoms with Gasteiger partial charge in [0.05, 0.1) is 10.6 Å². The van der Waals surface area contributed by atoms with E-state index in [1.807, 2.05) is 6.92 Å². The Labute approximate surface area is 155 Å². The van der Waals surface area contributed by atoms with Crippen LogP contribution in [-0.2, 0) is 4.79 Å². The van der Waals surface area contributed by atoms with Crippen molar-refractivity contribution < 1.29 is 14.7 Å². The van der Waals surface area contributed by atoms with E-state index in [4.69, 9.17) is 12.2 Å². The zero-order valence-corrected chi connectivity index (χ0v) is 15.3. The van der Waals surface area contributed by atoms with Crippen molar-refractivity contribution in [3.63, 3.8) is 0 Å². The summed E-state index contributed by atoms with van der Waals surface area (Å²) < 4.78 is 0.429. The van der Waals surface area contributed by atoms with Crippen LogP contribution in [0.5, 0.6) is 5.75 Å². The molecule has 0 aromatic heterocycles. The second-order valence-corrected chi connectivity index (χ2v) is 7.26. The number of anilines is 1. The van der Waals surface area contributed by atoms with E-state index < -0.39 is 0 Å². The lowest BCUT2D eigenvalue weighted by atomic mass is 10.1. The lowest BCUT2D eigenvalue weighted by Gasteiger charge is -2.15. The molecule has 2 aromatic rings. The maximum Gasteiger partial charge on any atom is 0.271 e. The van der Waals surface area contributed by atoms with E-state index in [-0.39, 0.29) is 17.4 Å². The minimum atomic E-state index is -0.207. The third-order valence-corrected chi connectivity index (χ3v) is 5.40. The van der Waals surface area contributed by atoms with Crippen LogP contribution in [0.25, 0.3) is 5.57 Å². The van der Waals surface area contributed by atoms with E-state index in [9.17, 15) is 14.7 Å². The Morgan fingerprint density at radius 3 is 2.40 bits per heavy atom. The number of phenols is 1. The molecule has 1 amide bonds. The topological polar surface area (TPSA) is 57.6 Å². The van der Waals surface area contributed by atoms with Crippen molar-refractivity contribution >= 4 is 51.3 Å². The van der Waals surface area contributed by atoms with Crippen molar-refractivity contribution in [1.29, 1.82) is 0 Å². The van der Waals surface area contributed by atoms with Gasteiger partial charge in [-0.15, -0.1) is 0 Å². The number of amides is 1. The van der Waals surface area contributed by atoms with Crippen LogP contribution in [0, 0.1) is 0 Å². The summed E-state index contributed by atoms with van der Waals surface area (Å²) in [5.74, 6) is -0.102. The van der Waals surface area contributed by atoms with Crippen LogP contribution in [0.4, 0.5) is 5.69 Å². The van der Waals surface area contributed by atoms with E-state index in [0.29, 0.717) is 20.5 Å². The fraction of sp³-hybridized carbons (Fsp3) is 0.105. The van der Waals surface area contributed by atoms with Crippen molar-refractivity contribution in [1.82, 2.24) is 0 Å². The molecule has 126 valence electrons. The van der Waals surface area contributed by atoms with Crippen molar-refractivity contribution in [3.05, 3.63) is 64.6 Å². The van der Waals surface area contributed by atoms with Crippen LogP contribution in [0.3, 0.4) is 0 Å². The van der Waals surface area contributed by atoms with Gasteiger partial charge < -0.3 is 5.11 Å². The van der Waals surface area contributed by atoms with Crippen LogP contribution in [0.15, 0.2) is 53.4 Å². The summed E-state index contributed by atoms with van der Waals surface area (Å²) in [5, 5.41) is 9.41. The molecule has 1 saturated heterocycles. The van der Waals surface area contributed by atoms with Crippen LogP contribution in [0.2, 0.25) is 0 Å². The number of phenolic OH excluding ortho intramolecular Hbond substituents is 1. The first-order chi connectivity index (χ1) is 11.9. The maximum atomic E-state index is 12.9. The van der Waals surface area contributed by atoms with Gasteiger partial charge in [-0.3, -0.25) is 14.5 Å². The van der Waals surface area contributed by atoms with Crippen molar-refractivity contribution in [2.45, 2.75) is 13.8 Å². The predicted octanol–water partition coefficient (Wildman–Crippen LogP) is 4.39. The molecule has 3 rings (SSSR count). The quantitative estimate of drug-likeness (QED) is 0.494. The van der Waals surface area contributed by atoms with Crippen molar-refractivity contribution in [2.75, 3.05) is 4.90 Å². The first kappa shape index (κ1) is 17.4. The molecule has 0 spiro atoms. The number of hydrogen-bond donors (Lipinski definition) is 1. The second-order valence-electron chi connectivity index (χ2n) is 5.62. The summed E-state index contributed by atoms with van der Waals surface area (Å²) in [6.07, 6.45) is 0. The average molecular weight is 369 g/mol. The number of benzene rings is 2. The van der Waals surface area contributed by atoms with Crippen molar-refractivity contribution in [3.8, 4) is 5.75 Å². The van der Waals surface area contributed by atoms with Crippen LogP contribution >= 0.6 is 24.0 Å². The normalized spacial score (nSPS) is 16.3. The lowest BCUT2D eigenvalue weighted by molar-refractivity contribution is -0.113. The fourth-order valence-corrected chi connectivity index (χ4v) is 3.87. The molecule has 0 atom stereocenters. The summed E-state index contributed by atoms with van der Waals surface area (Å²) in [6, 6.07) is 13.6. The standard InChI is InChI=1S/C19H15NO3S2/c1-11(13-6-8-16(22)9-7-13)17-18(23)20(19(24)25-17)15-5-3-4-14(10-15)12(2)21/h3-10,22H,1-2H3/b17-11-. The third-order valence-electron chi connectivity index (χ3n) is 3.92. The van der Waals surface area contributed by atoms with Gasteiger partial charge in [0.25, 0.3) is 5.91 Å². The number of thioether (sulfide) groups is 1. The number of ketones is 1. The summed E-state index contributed by atoms with van der Waals surface area (Å²) in [6.45, 7) is 3.34. The zero-order chi connectivity index (χ0) is 18.1. The molecule has 0 bridgehead atoms. The van der Waals surface area contributed by atoms with Gasteiger partial charge in [0.15, 0.2) is 10.1 Å². The Morgan fingerprint density at radius 1 is 1.08 bits per heavy atom. The Morgan fingerprint density at radius 2 is 1.76 bits per heavy atom. The highest BCUT2D eigenvalue weighted by molar-refractivity contribution is 8.27. The van der Waals surface area contributed by atoms with Crippen molar-refractivity contribution in [2.24, 2.45) is 0 Å². The van der Waals surface area contributed by atoms with E-state index in [1.54, 1.807) is 48.5 Å². The van der Waals surface area contributed by atoms with Gasteiger partial charge in [-0.05, 0) is 49.2 Å². The molecule has 0 saturated carbocycles. The number of rotatable bonds is 3. The molecule has 2 aromatic carbocycles. The number of thiocarbonyl (C=S) groups is 1. The molecule has 0 aliphatic carbocycles. The van der Waals surface area contributed by atoms with Crippen LogP contribution in [0.1, 0.15) is 29.8 Å². The number of allylic oxidation sites excluding steroid dienone is 1. The van der Waals surface area contributed by atoms with E-state index in [1.165, 1.54) is 23.6 Å². The lowest BCUT2D eigenvalue weighted by Crippen LogP contribution is -2.27. The molecule has 1 aliphatic rings. The molecule has 1 aliphatic heterocycles. The highest BCUT2D eigenvalue weighted by Crippen LogP contribution is 2.39. The van der Waals surface area contributed by atoms with E-state index in [0.717, 1.165) is 11.1 Å². The molecule has 1 fully saturated rings. The number of nitrogens with zero attached hydrogens (tertiary/aromatic N) is 1. The van der Waals surface area contributed by atoms with Gasteiger partial charge in [-0.2, -0.15) is 0 Å². The van der Waals surface area contributed by atoms with Gasteiger partial charge in [0, 0.05) is 5.56 Å². The summed E-state index contributed by atoms with van der Waals surface area (Å²) >= 11 is 6.62. The number of carbonyl (C=O) groups excluding carboxylic acids is 2. The number of carbonyl (C=O) groups is 2. The molecule has 0 radical (unpaired) electrons. The SMILES string of the molecule is CC(=O)c1cccc(N2C(=O)/C(=C(\C)c3ccc(O)cc3)SC2=S)c1.